The van der Waals surface area contributed by atoms with Crippen LogP contribution in [0, 0.1) is 0 Å². The zero-order valence-corrected chi connectivity index (χ0v) is 11.2. The van der Waals surface area contributed by atoms with Crippen molar-refractivity contribution in [2.24, 2.45) is 4.99 Å². The summed E-state index contributed by atoms with van der Waals surface area (Å²) in [6.07, 6.45) is -0.413. The summed E-state index contributed by atoms with van der Waals surface area (Å²) < 4.78 is 18.1. The van der Waals surface area contributed by atoms with E-state index < -0.39 is 18.8 Å². The van der Waals surface area contributed by atoms with E-state index in [0.717, 1.165) is 10.5 Å². The van der Waals surface area contributed by atoms with E-state index in [1.54, 1.807) is 11.8 Å². The monoisotopic (exact) mass is 271 g/mol. The fraction of sp³-hybridized carbons (Fsp3) is 0.462. The Labute approximate surface area is 111 Å². The molecule has 100 valence electrons. The van der Waals surface area contributed by atoms with E-state index >= 15 is 0 Å². The van der Waals surface area contributed by atoms with Gasteiger partial charge in [0.25, 0.3) is 0 Å². The summed E-state index contributed by atoms with van der Waals surface area (Å²) in [5.74, 6) is 0.661. The van der Waals surface area contributed by atoms with Crippen LogP contribution in [0.2, 0.25) is 0 Å². The summed E-state index contributed by atoms with van der Waals surface area (Å²) in [6, 6.07) is 7.06. The van der Waals surface area contributed by atoms with E-state index in [0.29, 0.717) is 5.75 Å². The topological polar surface area (TPSA) is 41.8 Å². The van der Waals surface area contributed by atoms with Gasteiger partial charge in [0, 0.05) is 17.8 Å². The molecule has 5 heteroatoms. The molecular formula is C13H18FNO2S. The van der Waals surface area contributed by atoms with Gasteiger partial charge >= 0.3 is 0 Å². The maximum absolute atomic E-state index is 12.8. The zero-order valence-electron chi connectivity index (χ0n) is 10.4. The van der Waals surface area contributed by atoms with Crippen molar-refractivity contribution in [3.63, 3.8) is 0 Å². The minimum Gasteiger partial charge on any atom is -0.396 e. The highest BCUT2D eigenvalue weighted by Gasteiger charge is 2.21. The number of benzene rings is 1. The van der Waals surface area contributed by atoms with Gasteiger partial charge in [-0.2, -0.15) is 0 Å². The molecule has 0 unspecified atom stereocenters. The van der Waals surface area contributed by atoms with Crippen LogP contribution in [0.3, 0.4) is 0 Å². The van der Waals surface area contributed by atoms with Crippen LogP contribution in [0.25, 0.3) is 0 Å². The summed E-state index contributed by atoms with van der Waals surface area (Å²) in [5, 5.41) is 8.74. The molecule has 0 bridgehead atoms. The second-order valence-corrected chi connectivity index (χ2v) is 4.87. The molecule has 0 spiro atoms. The van der Waals surface area contributed by atoms with Gasteiger partial charge < -0.3 is 9.84 Å². The van der Waals surface area contributed by atoms with E-state index in [4.69, 9.17) is 9.84 Å². The van der Waals surface area contributed by atoms with Crippen molar-refractivity contribution in [1.29, 1.82) is 0 Å². The third-order valence-corrected chi connectivity index (χ3v) is 3.56. The summed E-state index contributed by atoms with van der Waals surface area (Å²) in [5.41, 5.74) is 0.876. The van der Waals surface area contributed by atoms with E-state index in [9.17, 15) is 4.39 Å². The summed E-state index contributed by atoms with van der Waals surface area (Å²) in [4.78, 5) is 4.80. The highest BCUT2D eigenvalue weighted by Crippen LogP contribution is 2.26. The van der Waals surface area contributed by atoms with E-state index in [-0.39, 0.29) is 6.61 Å². The van der Waals surface area contributed by atoms with Crippen molar-refractivity contribution in [3.05, 3.63) is 29.8 Å². The minimum atomic E-state index is -0.594. The second kappa shape index (κ2) is 8.24. The third kappa shape index (κ3) is 4.08. The van der Waals surface area contributed by atoms with Gasteiger partial charge in [0.1, 0.15) is 18.8 Å². The van der Waals surface area contributed by atoms with Crippen molar-refractivity contribution < 1.29 is 14.2 Å². The van der Waals surface area contributed by atoms with Gasteiger partial charge in [-0.25, -0.2) is 4.39 Å². The van der Waals surface area contributed by atoms with Crippen molar-refractivity contribution >= 4 is 18.5 Å². The Morgan fingerprint density at radius 1 is 1.44 bits per heavy atom. The van der Waals surface area contributed by atoms with E-state index in [2.05, 4.69) is 11.7 Å². The molecule has 1 aromatic carbocycles. The smallest absolute Gasteiger partial charge is 0.115 e. The van der Waals surface area contributed by atoms with Gasteiger partial charge in [-0.15, -0.1) is 11.8 Å². The van der Waals surface area contributed by atoms with Crippen LogP contribution in [-0.4, -0.2) is 44.0 Å². The van der Waals surface area contributed by atoms with Crippen molar-refractivity contribution in [2.45, 2.75) is 17.0 Å². The van der Waals surface area contributed by atoms with Crippen LogP contribution < -0.4 is 0 Å². The molecule has 1 aromatic rings. The highest BCUT2D eigenvalue weighted by atomic mass is 32.2. The molecule has 0 saturated heterocycles. The average molecular weight is 271 g/mol. The van der Waals surface area contributed by atoms with Gasteiger partial charge in [-0.3, -0.25) is 4.99 Å². The van der Waals surface area contributed by atoms with Gasteiger partial charge in [-0.1, -0.05) is 12.1 Å². The number of methoxy groups -OCH3 is 1. The van der Waals surface area contributed by atoms with Crippen LogP contribution in [-0.2, 0) is 4.74 Å². The zero-order chi connectivity index (χ0) is 13.4. The molecule has 0 aliphatic rings. The number of ether oxygens (including phenoxy) is 1. The lowest BCUT2D eigenvalue weighted by Crippen LogP contribution is -2.20. The van der Waals surface area contributed by atoms with Gasteiger partial charge in [0.05, 0.1) is 6.61 Å². The van der Waals surface area contributed by atoms with Gasteiger partial charge in [0.2, 0.25) is 0 Å². The lowest BCUT2D eigenvalue weighted by atomic mass is 10.0. The first-order chi connectivity index (χ1) is 8.76. The predicted molar refractivity (Wildman–Crippen MR) is 73.3 cm³/mol. The van der Waals surface area contributed by atoms with Crippen molar-refractivity contribution in [3.8, 4) is 0 Å². The molecule has 1 N–H and O–H groups in total. The summed E-state index contributed by atoms with van der Waals surface area (Å²) in [6.45, 7) is 2.94. The predicted octanol–water partition coefficient (Wildman–Crippen LogP) is 2.50. The highest BCUT2D eigenvalue weighted by molar-refractivity contribution is 7.99. The number of nitrogens with zero attached hydrogens (tertiary/aromatic N) is 1. The number of hydrogen-bond acceptors (Lipinski definition) is 4. The molecule has 0 aromatic heterocycles. The summed E-state index contributed by atoms with van der Waals surface area (Å²) >= 11 is 1.57. The fourth-order valence-corrected chi connectivity index (χ4v) is 2.31. The Hall–Kier alpha value is -0.910. The molecule has 0 aliphatic heterocycles. The van der Waals surface area contributed by atoms with Gasteiger partial charge in [0.15, 0.2) is 0 Å². The first-order valence-electron chi connectivity index (χ1n) is 5.65. The molecule has 18 heavy (non-hydrogen) atoms. The fourth-order valence-electron chi connectivity index (χ4n) is 1.66. The van der Waals surface area contributed by atoms with Crippen LogP contribution in [0.15, 0.2) is 34.2 Å². The Balaban J connectivity index is 2.77. The van der Waals surface area contributed by atoms with E-state index in [1.807, 2.05) is 24.3 Å². The molecule has 2 atom stereocenters. The first kappa shape index (κ1) is 15.1. The van der Waals surface area contributed by atoms with Crippen LogP contribution in [0.5, 0.6) is 0 Å². The Morgan fingerprint density at radius 2 is 2.11 bits per heavy atom. The first-order valence-corrected chi connectivity index (χ1v) is 6.63. The average Bonchev–Trinajstić information content (AvgIpc) is 2.43. The lowest BCUT2D eigenvalue weighted by Gasteiger charge is -2.20. The number of aliphatic hydroxyl groups is 1. The minimum absolute atomic E-state index is 0.150. The van der Waals surface area contributed by atoms with Crippen LogP contribution in [0.4, 0.5) is 4.39 Å². The largest absolute Gasteiger partial charge is 0.396 e. The molecule has 1 rings (SSSR count). The molecule has 0 fully saturated rings. The van der Waals surface area contributed by atoms with Crippen LogP contribution >= 0.6 is 11.8 Å². The number of aliphatic imine (C=N–C) groups is 1. The number of hydrogen-bond donors (Lipinski definition) is 1. The maximum Gasteiger partial charge on any atom is 0.115 e. The quantitative estimate of drug-likeness (QED) is 0.583. The molecule has 3 nitrogen and oxygen atoms in total. The second-order valence-electron chi connectivity index (χ2n) is 3.70. The van der Waals surface area contributed by atoms with E-state index in [1.165, 1.54) is 7.11 Å². The summed E-state index contributed by atoms with van der Waals surface area (Å²) in [7, 11) is 1.53. The number of aliphatic hydroxyl groups excluding tert-OH is 1. The molecule has 0 amide bonds. The number of halogens is 1. The molecule has 0 saturated carbocycles. The Kier molecular flexibility index (Phi) is 6.93. The van der Waals surface area contributed by atoms with Crippen molar-refractivity contribution in [1.82, 2.24) is 0 Å². The maximum atomic E-state index is 12.8. The number of thioether (sulfide) groups is 1. The molecule has 0 radical (unpaired) electrons. The lowest BCUT2D eigenvalue weighted by molar-refractivity contribution is 0.0731. The molecular weight excluding hydrogens is 253 g/mol. The Bertz CT molecular complexity index is 359. The third-order valence-electron chi connectivity index (χ3n) is 2.56. The van der Waals surface area contributed by atoms with Gasteiger partial charge in [-0.05, 0) is 24.4 Å². The van der Waals surface area contributed by atoms with Crippen LogP contribution in [0.1, 0.15) is 11.7 Å². The van der Waals surface area contributed by atoms with Crippen molar-refractivity contribution in [2.75, 3.05) is 26.1 Å². The number of alkyl halides is 1. The standard InChI is InChI=1S/C13H18FNO2S/c1-15-12(9-14)13(17-2)10-3-5-11(6-4-10)18-8-7-16/h3-6,12-13,16H,1,7-9H2,2H3/t12-,13-/m1/s1. The normalized spacial score (nSPS) is 14.2. The molecule has 0 heterocycles. The number of rotatable bonds is 8. The Morgan fingerprint density at radius 3 is 2.56 bits per heavy atom. The SMILES string of the molecule is C=N[C@H](CF)[C@H](OC)c1ccc(SCCO)cc1. The molecule has 0 aliphatic carbocycles.